The van der Waals surface area contributed by atoms with Gasteiger partial charge in [0.15, 0.2) is 0 Å². The molecule has 5 nitrogen and oxygen atoms in total. The summed E-state index contributed by atoms with van der Waals surface area (Å²) in [5, 5.41) is 5.92. The lowest BCUT2D eigenvalue weighted by atomic mass is 10.1. The third-order valence-electron chi connectivity index (χ3n) is 3.60. The Bertz CT molecular complexity index is 469. The number of carbonyl (C=O) groups excluding carboxylic acids is 1. The quantitative estimate of drug-likeness (QED) is 0.812. The second-order valence-electron chi connectivity index (χ2n) is 4.96. The fourth-order valence-corrected chi connectivity index (χ4v) is 3.85. The number of alkyl halides is 1. The van der Waals surface area contributed by atoms with E-state index >= 15 is 0 Å². The maximum absolute atomic E-state index is 12.3. The van der Waals surface area contributed by atoms with Gasteiger partial charge in [-0.1, -0.05) is 6.92 Å². The van der Waals surface area contributed by atoms with Crippen molar-refractivity contribution in [2.75, 3.05) is 26.3 Å². The predicted octanol–water partition coefficient (Wildman–Crippen LogP) is 2.17. The minimum Gasteiger partial charge on any atom is -0.378 e. The van der Waals surface area contributed by atoms with Crippen LogP contribution in [0.2, 0.25) is 0 Å². The molecule has 2 rings (SSSR count). The zero-order valence-corrected chi connectivity index (χ0v) is 14.0. The third kappa shape index (κ3) is 3.94. The minimum absolute atomic E-state index is 0.0322. The minimum atomic E-state index is -0.244. The molecule has 1 aromatic rings. The second-order valence-corrected chi connectivity index (χ2v) is 6.11. The van der Waals surface area contributed by atoms with Crippen LogP contribution >= 0.6 is 22.9 Å². The third-order valence-corrected chi connectivity index (χ3v) is 4.87. The summed E-state index contributed by atoms with van der Waals surface area (Å²) in [6.07, 6.45) is 0.908. The Balaban J connectivity index is 2.18. The number of hydrogen-bond acceptors (Lipinski definition) is 5. The zero-order chi connectivity index (χ0) is 15.2. The number of amides is 1. The average Bonchev–Trinajstić information content (AvgIpc) is 2.97. The number of hydrogen-bond donors (Lipinski definition) is 1. The summed E-state index contributed by atoms with van der Waals surface area (Å²) in [5.41, 5.74) is 0.901. The lowest BCUT2D eigenvalue weighted by Gasteiger charge is -2.39. The van der Waals surface area contributed by atoms with Crippen LogP contribution in [0.3, 0.4) is 0 Å². The van der Waals surface area contributed by atoms with Crippen molar-refractivity contribution in [2.45, 2.75) is 38.2 Å². The second kappa shape index (κ2) is 8.08. The standard InChI is InChI=1S/C14H22ClN3O2S/c1-3-11(14-17-10(7-15)9-21-14)18-5-6-20-8-12(18)13(19)16-4-2/h9,11-12H,3-8H2,1-2H3,(H,16,19). The molecule has 0 aromatic carbocycles. The summed E-state index contributed by atoms with van der Waals surface area (Å²) in [7, 11) is 0. The average molecular weight is 332 g/mol. The van der Waals surface area contributed by atoms with E-state index in [0.717, 1.165) is 23.7 Å². The van der Waals surface area contributed by atoms with Gasteiger partial charge in [0.25, 0.3) is 0 Å². The van der Waals surface area contributed by atoms with E-state index in [-0.39, 0.29) is 18.0 Å². The molecule has 1 aliphatic rings. The predicted molar refractivity (Wildman–Crippen MR) is 84.7 cm³/mol. The van der Waals surface area contributed by atoms with Gasteiger partial charge in [-0.25, -0.2) is 4.98 Å². The highest BCUT2D eigenvalue weighted by molar-refractivity contribution is 7.09. The lowest BCUT2D eigenvalue weighted by molar-refractivity contribution is -0.134. The first-order chi connectivity index (χ1) is 10.2. The molecule has 1 aromatic heterocycles. The first-order valence-electron chi connectivity index (χ1n) is 7.32. The van der Waals surface area contributed by atoms with Crippen LogP contribution in [0.4, 0.5) is 0 Å². The van der Waals surface area contributed by atoms with Gasteiger partial charge >= 0.3 is 0 Å². The summed E-state index contributed by atoms with van der Waals surface area (Å²) < 4.78 is 5.50. The van der Waals surface area contributed by atoms with Crippen molar-refractivity contribution in [2.24, 2.45) is 0 Å². The van der Waals surface area contributed by atoms with Crippen LogP contribution in [0.25, 0.3) is 0 Å². The Morgan fingerprint density at radius 3 is 3.10 bits per heavy atom. The molecule has 2 atom stereocenters. The normalized spacial score (nSPS) is 21.2. The molecule has 2 heterocycles. The van der Waals surface area contributed by atoms with Crippen LogP contribution in [0.5, 0.6) is 0 Å². The molecule has 1 N–H and O–H groups in total. The van der Waals surface area contributed by atoms with E-state index in [1.165, 1.54) is 0 Å². The van der Waals surface area contributed by atoms with Crippen molar-refractivity contribution in [1.82, 2.24) is 15.2 Å². The van der Waals surface area contributed by atoms with Crippen LogP contribution < -0.4 is 5.32 Å². The number of rotatable bonds is 6. The van der Waals surface area contributed by atoms with Gasteiger partial charge in [0, 0.05) is 18.5 Å². The van der Waals surface area contributed by atoms with Crippen LogP contribution in [0.1, 0.15) is 37.0 Å². The monoisotopic (exact) mass is 331 g/mol. The Kier molecular flexibility index (Phi) is 6.41. The Morgan fingerprint density at radius 2 is 2.48 bits per heavy atom. The van der Waals surface area contributed by atoms with E-state index in [1.54, 1.807) is 11.3 Å². The van der Waals surface area contributed by atoms with E-state index < -0.39 is 0 Å². The Labute approximate surface area is 134 Å². The highest BCUT2D eigenvalue weighted by atomic mass is 35.5. The van der Waals surface area contributed by atoms with Crippen molar-refractivity contribution in [3.05, 3.63) is 16.1 Å². The highest BCUT2D eigenvalue weighted by Crippen LogP contribution is 2.30. The molecule has 118 valence electrons. The SMILES string of the molecule is CCNC(=O)C1COCCN1C(CC)c1nc(CCl)cs1. The van der Waals surface area contributed by atoms with Crippen molar-refractivity contribution >= 4 is 28.8 Å². The molecule has 1 saturated heterocycles. The molecule has 0 radical (unpaired) electrons. The van der Waals surface area contributed by atoms with Gasteiger partial charge in [0.05, 0.1) is 30.8 Å². The van der Waals surface area contributed by atoms with Crippen molar-refractivity contribution in [3.8, 4) is 0 Å². The fourth-order valence-electron chi connectivity index (χ4n) is 2.60. The summed E-state index contributed by atoms with van der Waals surface area (Å²) in [6, 6.07) is -0.101. The molecule has 0 aliphatic carbocycles. The van der Waals surface area contributed by atoms with Gasteiger partial charge in [0.2, 0.25) is 5.91 Å². The zero-order valence-electron chi connectivity index (χ0n) is 12.5. The van der Waals surface area contributed by atoms with E-state index in [1.807, 2.05) is 12.3 Å². The van der Waals surface area contributed by atoms with Gasteiger partial charge < -0.3 is 10.1 Å². The van der Waals surface area contributed by atoms with Gasteiger partial charge in [-0.15, -0.1) is 22.9 Å². The van der Waals surface area contributed by atoms with Crippen molar-refractivity contribution < 1.29 is 9.53 Å². The number of nitrogens with one attached hydrogen (secondary N) is 1. The molecule has 7 heteroatoms. The summed E-state index contributed by atoms with van der Waals surface area (Å²) in [4.78, 5) is 19.1. The van der Waals surface area contributed by atoms with E-state index in [2.05, 4.69) is 22.1 Å². The summed E-state index contributed by atoms with van der Waals surface area (Å²) >= 11 is 7.46. The topological polar surface area (TPSA) is 54.5 Å². The molecule has 0 bridgehead atoms. The first kappa shape index (κ1) is 16.7. The number of likely N-dealkylation sites (N-methyl/N-ethyl adjacent to an activating group) is 1. The molecule has 1 aliphatic heterocycles. The molecule has 1 amide bonds. The van der Waals surface area contributed by atoms with Crippen molar-refractivity contribution in [1.29, 1.82) is 0 Å². The smallest absolute Gasteiger partial charge is 0.239 e. The molecular weight excluding hydrogens is 310 g/mol. The van der Waals surface area contributed by atoms with Gasteiger partial charge in [-0.05, 0) is 13.3 Å². The van der Waals surface area contributed by atoms with Crippen LogP contribution in [-0.2, 0) is 15.4 Å². The van der Waals surface area contributed by atoms with E-state index in [9.17, 15) is 4.79 Å². The first-order valence-corrected chi connectivity index (χ1v) is 8.74. The molecular formula is C14H22ClN3O2S. The largest absolute Gasteiger partial charge is 0.378 e. The fraction of sp³-hybridized carbons (Fsp3) is 0.714. The molecule has 0 spiro atoms. The van der Waals surface area contributed by atoms with Crippen LogP contribution in [0.15, 0.2) is 5.38 Å². The highest BCUT2D eigenvalue weighted by Gasteiger charge is 2.35. The van der Waals surface area contributed by atoms with Crippen LogP contribution in [0, 0.1) is 0 Å². The summed E-state index contributed by atoms with van der Waals surface area (Å²) in [6.45, 7) is 6.52. The molecule has 2 unspecified atom stereocenters. The number of thiazole rings is 1. The van der Waals surface area contributed by atoms with Gasteiger partial charge in [-0.3, -0.25) is 9.69 Å². The number of nitrogens with zero attached hydrogens (tertiary/aromatic N) is 2. The summed E-state index contributed by atoms with van der Waals surface area (Å²) in [5.74, 6) is 0.459. The Morgan fingerprint density at radius 1 is 1.67 bits per heavy atom. The van der Waals surface area contributed by atoms with Gasteiger partial charge in [-0.2, -0.15) is 0 Å². The van der Waals surface area contributed by atoms with Crippen molar-refractivity contribution in [3.63, 3.8) is 0 Å². The van der Waals surface area contributed by atoms with E-state index in [0.29, 0.717) is 25.6 Å². The number of aromatic nitrogens is 1. The van der Waals surface area contributed by atoms with Gasteiger partial charge in [0.1, 0.15) is 11.0 Å². The van der Waals surface area contributed by atoms with E-state index in [4.69, 9.17) is 16.3 Å². The Hall–Kier alpha value is -0.690. The number of morpholine rings is 1. The number of carbonyl (C=O) groups is 1. The van der Waals surface area contributed by atoms with Crippen LogP contribution in [-0.4, -0.2) is 48.1 Å². The lowest BCUT2D eigenvalue weighted by Crippen LogP contribution is -2.54. The molecule has 21 heavy (non-hydrogen) atoms. The number of ether oxygens (including phenoxy) is 1. The maximum atomic E-state index is 12.3. The number of halogens is 1. The molecule has 1 fully saturated rings. The molecule has 0 saturated carbocycles. The maximum Gasteiger partial charge on any atom is 0.239 e.